The molecule has 0 aliphatic carbocycles. The molecule has 1 saturated heterocycles. The van der Waals surface area contributed by atoms with E-state index >= 15 is 0 Å². The van der Waals surface area contributed by atoms with Crippen LogP contribution in [-0.2, 0) is 10.3 Å². The molecule has 3 rings (SSSR count). The largest absolute Gasteiger partial charge is 0.497 e. The normalized spacial score (nSPS) is 29.1. The summed E-state index contributed by atoms with van der Waals surface area (Å²) in [6, 6.07) is 6.74. The van der Waals surface area contributed by atoms with Gasteiger partial charge >= 0.3 is 0 Å². The average Bonchev–Trinajstić information content (AvgIpc) is 2.86. The molecule has 0 bridgehead atoms. The number of hydrogen-bond acceptors (Lipinski definition) is 3. The van der Waals surface area contributed by atoms with Crippen molar-refractivity contribution in [2.24, 2.45) is 5.41 Å². The first kappa shape index (κ1) is 13.7. The standard InChI is InChI=1S/C17H25NO2/c1-16(2,3)15-11-17(8-5-9-20-17)13-10-12(19-4)6-7-14(13)18-15/h6-7,10,15,18H,5,8-9,11H2,1-4H3/t15?,17-/m0/s1. The SMILES string of the molecule is COc1ccc2c(c1)[C@]1(CCCO1)CC(C(C)(C)C)N2. The average molecular weight is 275 g/mol. The zero-order chi connectivity index (χ0) is 14.4. The quantitative estimate of drug-likeness (QED) is 0.842. The third-order valence-corrected chi connectivity index (χ3v) is 4.73. The van der Waals surface area contributed by atoms with Crippen LogP contribution in [0.2, 0.25) is 0 Å². The molecule has 1 aromatic rings. The second-order valence-electron chi connectivity index (χ2n) is 7.12. The smallest absolute Gasteiger partial charge is 0.119 e. The van der Waals surface area contributed by atoms with Gasteiger partial charge in [-0.25, -0.2) is 0 Å². The van der Waals surface area contributed by atoms with Crippen LogP contribution in [0.3, 0.4) is 0 Å². The Hall–Kier alpha value is -1.22. The summed E-state index contributed by atoms with van der Waals surface area (Å²) in [7, 11) is 1.72. The first-order chi connectivity index (χ1) is 9.44. The molecule has 2 atom stereocenters. The van der Waals surface area contributed by atoms with Crippen molar-refractivity contribution in [1.29, 1.82) is 0 Å². The van der Waals surface area contributed by atoms with E-state index in [9.17, 15) is 0 Å². The number of ether oxygens (including phenoxy) is 2. The molecule has 2 heterocycles. The van der Waals surface area contributed by atoms with Gasteiger partial charge in [-0.1, -0.05) is 20.8 Å². The molecule has 0 aromatic heterocycles. The lowest BCUT2D eigenvalue weighted by molar-refractivity contribution is -0.0222. The van der Waals surface area contributed by atoms with E-state index in [1.165, 1.54) is 11.3 Å². The Morgan fingerprint density at radius 1 is 1.35 bits per heavy atom. The Bertz CT molecular complexity index is 498. The van der Waals surface area contributed by atoms with Gasteiger partial charge in [0.05, 0.1) is 12.7 Å². The highest BCUT2D eigenvalue weighted by molar-refractivity contribution is 5.60. The molecule has 0 radical (unpaired) electrons. The molecule has 1 unspecified atom stereocenters. The fraction of sp³-hybridized carbons (Fsp3) is 0.647. The lowest BCUT2D eigenvalue weighted by atomic mass is 9.73. The van der Waals surface area contributed by atoms with E-state index in [0.717, 1.165) is 31.6 Å². The van der Waals surface area contributed by atoms with E-state index < -0.39 is 0 Å². The summed E-state index contributed by atoms with van der Waals surface area (Å²) in [5, 5.41) is 3.70. The second-order valence-corrected chi connectivity index (χ2v) is 7.12. The Labute approximate surface area is 121 Å². The van der Waals surface area contributed by atoms with Crippen molar-refractivity contribution in [3.05, 3.63) is 23.8 Å². The van der Waals surface area contributed by atoms with Gasteiger partial charge in [0.1, 0.15) is 5.75 Å². The highest BCUT2D eigenvalue weighted by atomic mass is 16.5. The number of fused-ring (bicyclic) bond motifs is 2. The van der Waals surface area contributed by atoms with Gasteiger partial charge in [0.2, 0.25) is 0 Å². The fourth-order valence-electron chi connectivity index (χ4n) is 3.43. The van der Waals surface area contributed by atoms with Gasteiger partial charge in [0.25, 0.3) is 0 Å². The van der Waals surface area contributed by atoms with E-state index in [2.05, 4.69) is 38.2 Å². The van der Waals surface area contributed by atoms with E-state index in [1.807, 2.05) is 6.07 Å². The molecule has 1 fully saturated rings. The lowest BCUT2D eigenvalue weighted by Gasteiger charge is -2.45. The van der Waals surface area contributed by atoms with E-state index in [4.69, 9.17) is 9.47 Å². The Morgan fingerprint density at radius 3 is 2.75 bits per heavy atom. The van der Waals surface area contributed by atoms with Gasteiger partial charge in [-0.05, 0) is 36.5 Å². The van der Waals surface area contributed by atoms with Crippen LogP contribution >= 0.6 is 0 Å². The maximum atomic E-state index is 6.24. The zero-order valence-corrected chi connectivity index (χ0v) is 13.0. The number of methoxy groups -OCH3 is 1. The van der Waals surface area contributed by atoms with Crippen LogP contribution in [0.1, 0.15) is 45.6 Å². The first-order valence-electron chi connectivity index (χ1n) is 7.54. The zero-order valence-electron chi connectivity index (χ0n) is 13.0. The van der Waals surface area contributed by atoms with Crippen LogP contribution in [0.15, 0.2) is 18.2 Å². The Morgan fingerprint density at radius 2 is 2.15 bits per heavy atom. The molecule has 3 heteroatoms. The number of hydrogen-bond donors (Lipinski definition) is 1. The van der Waals surface area contributed by atoms with E-state index in [1.54, 1.807) is 7.11 Å². The molecule has 20 heavy (non-hydrogen) atoms. The summed E-state index contributed by atoms with van der Waals surface area (Å²) >= 11 is 0. The predicted molar refractivity (Wildman–Crippen MR) is 81.3 cm³/mol. The maximum Gasteiger partial charge on any atom is 0.119 e. The van der Waals surface area contributed by atoms with Crippen LogP contribution in [-0.4, -0.2) is 19.8 Å². The minimum atomic E-state index is -0.118. The number of benzene rings is 1. The van der Waals surface area contributed by atoms with Crippen molar-refractivity contribution >= 4 is 5.69 Å². The molecule has 1 N–H and O–H groups in total. The van der Waals surface area contributed by atoms with Gasteiger partial charge in [0, 0.05) is 30.3 Å². The van der Waals surface area contributed by atoms with Gasteiger partial charge < -0.3 is 14.8 Å². The maximum absolute atomic E-state index is 6.24. The minimum absolute atomic E-state index is 0.118. The van der Waals surface area contributed by atoms with Crippen molar-refractivity contribution < 1.29 is 9.47 Å². The van der Waals surface area contributed by atoms with Crippen molar-refractivity contribution in [3.63, 3.8) is 0 Å². The summed E-state index contributed by atoms with van der Waals surface area (Å²) in [6.07, 6.45) is 3.30. The summed E-state index contributed by atoms with van der Waals surface area (Å²) in [6.45, 7) is 7.75. The van der Waals surface area contributed by atoms with Crippen LogP contribution < -0.4 is 10.1 Å². The van der Waals surface area contributed by atoms with Crippen molar-refractivity contribution in [1.82, 2.24) is 0 Å². The van der Waals surface area contributed by atoms with Crippen LogP contribution in [0.25, 0.3) is 0 Å². The first-order valence-corrected chi connectivity index (χ1v) is 7.54. The highest BCUT2D eigenvalue weighted by Gasteiger charge is 2.46. The monoisotopic (exact) mass is 275 g/mol. The number of nitrogens with one attached hydrogen (secondary N) is 1. The molecule has 0 saturated carbocycles. The van der Waals surface area contributed by atoms with Crippen molar-refractivity contribution in [3.8, 4) is 5.75 Å². The van der Waals surface area contributed by atoms with E-state index in [-0.39, 0.29) is 11.0 Å². The van der Waals surface area contributed by atoms with Crippen molar-refractivity contribution in [2.45, 2.75) is 51.7 Å². The Balaban J connectivity index is 2.06. The predicted octanol–water partition coefficient (Wildman–Crippen LogP) is 3.93. The number of rotatable bonds is 1. The molecular weight excluding hydrogens is 250 g/mol. The molecular formula is C17H25NO2. The topological polar surface area (TPSA) is 30.5 Å². The molecule has 1 spiro atoms. The van der Waals surface area contributed by atoms with E-state index in [0.29, 0.717) is 6.04 Å². The molecule has 1 aromatic carbocycles. The molecule has 0 amide bonds. The van der Waals surface area contributed by atoms with Gasteiger partial charge in [0.15, 0.2) is 0 Å². The van der Waals surface area contributed by atoms with Crippen LogP contribution in [0.4, 0.5) is 5.69 Å². The molecule has 2 aliphatic rings. The van der Waals surface area contributed by atoms with Gasteiger partial charge in [-0.2, -0.15) is 0 Å². The second kappa shape index (κ2) is 4.66. The summed E-state index contributed by atoms with van der Waals surface area (Å²) < 4.78 is 11.6. The summed E-state index contributed by atoms with van der Waals surface area (Å²) in [5.41, 5.74) is 2.58. The molecule has 110 valence electrons. The van der Waals surface area contributed by atoms with Gasteiger partial charge in [-0.15, -0.1) is 0 Å². The third-order valence-electron chi connectivity index (χ3n) is 4.73. The fourth-order valence-corrected chi connectivity index (χ4v) is 3.43. The Kier molecular flexibility index (Phi) is 3.20. The number of anilines is 1. The highest BCUT2D eigenvalue weighted by Crippen LogP contribution is 2.50. The molecule has 3 nitrogen and oxygen atoms in total. The lowest BCUT2D eigenvalue weighted by Crippen LogP contribution is -2.45. The minimum Gasteiger partial charge on any atom is -0.497 e. The third kappa shape index (κ3) is 2.18. The summed E-state index contributed by atoms with van der Waals surface area (Å²) in [5.74, 6) is 0.912. The van der Waals surface area contributed by atoms with Gasteiger partial charge in [-0.3, -0.25) is 0 Å². The van der Waals surface area contributed by atoms with Crippen LogP contribution in [0.5, 0.6) is 5.75 Å². The van der Waals surface area contributed by atoms with Crippen molar-refractivity contribution in [2.75, 3.05) is 19.0 Å². The molecule has 2 aliphatic heterocycles. The summed E-state index contributed by atoms with van der Waals surface area (Å²) in [4.78, 5) is 0. The van der Waals surface area contributed by atoms with Crippen LogP contribution in [0, 0.1) is 5.41 Å².